The number of ether oxygens (including phenoxy) is 1. The predicted octanol–water partition coefficient (Wildman–Crippen LogP) is 3.37. The molecule has 0 aliphatic carbocycles. The average molecular weight is 428 g/mol. The van der Waals surface area contributed by atoms with Crippen molar-refractivity contribution in [1.82, 2.24) is 5.32 Å². The van der Waals surface area contributed by atoms with Gasteiger partial charge in [-0.2, -0.15) is 0 Å². The van der Waals surface area contributed by atoms with E-state index in [9.17, 15) is 0 Å². The Kier molecular flexibility index (Phi) is 6.12. The van der Waals surface area contributed by atoms with E-state index in [1.54, 1.807) is 23.9 Å². The van der Waals surface area contributed by atoms with E-state index in [1.165, 1.54) is 0 Å². The van der Waals surface area contributed by atoms with Gasteiger partial charge < -0.3 is 21.5 Å². The average Bonchev–Trinajstić information content (AvgIpc) is 2.52. The summed E-state index contributed by atoms with van der Waals surface area (Å²) in [6, 6.07) is 9.49. The van der Waals surface area contributed by atoms with Gasteiger partial charge in [0.2, 0.25) is 0 Å². The van der Waals surface area contributed by atoms with Gasteiger partial charge in [-0.15, -0.1) is 11.8 Å². The van der Waals surface area contributed by atoms with E-state index >= 15 is 0 Å². The first-order valence-electron chi connectivity index (χ1n) is 8.39. The van der Waals surface area contributed by atoms with E-state index < -0.39 is 12.6 Å². The Morgan fingerprint density at radius 1 is 1.11 bits per heavy atom. The number of nitrogens with two attached hydrogens (primary N) is 3. The summed E-state index contributed by atoms with van der Waals surface area (Å²) >= 11 is 14.8. The first-order valence-corrected chi connectivity index (χ1v) is 10.1. The summed E-state index contributed by atoms with van der Waals surface area (Å²) in [6.45, 7) is 4.15. The van der Waals surface area contributed by atoms with Crippen LogP contribution in [0.1, 0.15) is 13.8 Å². The molecule has 9 heteroatoms. The van der Waals surface area contributed by atoms with Crippen LogP contribution in [-0.4, -0.2) is 23.9 Å². The third kappa shape index (κ3) is 5.00. The zero-order valence-corrected chi connectivity index (χ0v) is 17.4. The number of rotatable bonds is 5. The Morgan fingerprint density at radius 3 is 2.41 bits per heavy atom. The lowest BCUT2D eigenvalue weighted by molar-refractivity contribution is 0.127. The van der Waals surface area contributed by atoms with Crippen molar-refractivity contribution in [2.75, 3.05) is 11.1 Å². The quantitative estimate of drug-likeness (QED) is 0.465. The Labute approximate surface area is 173 Å². The van der Waals surface area contributed by atoms with E-state index in [0.29, 0.717) is 15.7 Å². The van der Waals surface area contributed by atoms with Crippen LogP contribution in [0, 0.1) is 0 Å². The first kappa shape index (κ1) is 20.5. The highest BCUT2D eigenvalue weighted by atomic mass is 35.5. The van der Waals surface area contributed by atoms with Gasteiger partial charge in [-0.1, -0.05) is 29.3 Å². The van der Waals surface area contributed by atoms with Gasteiger partial charge in [-0.25, -0.2) is 0 Å². The molecule has 6 nitrogen and oxygen atoms in total. The SMILES string of the molecule is CC1(C)CSc2cc(-c3c(Cl)cc(NC(N)NC(N)N)cc3Cl)ccc2O1. The monoisotopic (exact) mass is 427 g/mol. The lowest BCUT2D eigenvalue weighted by atomic mass is 10.0. The second kappa shape index (κ2) is 8.05. The van der Waals surface area contributed by atoms with Gasteiger partial charge in [0.25, 0.3) is 0 Å². The minimum Gasteiger partial charge on any atom is -0.486 e. The Morgan fingerprint density at radius 2 is 1.78 bits per heavy atom. The van der Waals surface area contributed by atoms with E-state index in [2.05, 4.69) is 30.5 Å². The lowest BCUT2D eigenvalue weighted by Crippen LogP contribution is -2.56. The second-order valence-electron chi connectivity index (χ2n) is 6.94. The van der Waals surface area contributed by atoms with Crippen LogP contribution in [0.25, 0.3) is 11.1 Å². The summed E-state index contributed by atoms with van der Waals surface area (Å²) < 4.78 is 6.03. The summed E-state index contributed by atoms with van der Waals surface area (Å²) in [5.41, 5.74) is 19.0. The maximum Gasteiger partial charge on any atom is 0.133 e. The Balaban J connectivity index is 1.87. The molecular weight excluding hydrogens is 405 g/mol. The molecule has 1 heterocycles. The normalized spacial score (nSPS) is 16.6. The summed E-state index contributed by atoms with van der Waals surface area (Å²) in [6.07, 6.45) is -1.37. The largest absolute Gasteiger partial charge is 0.486 e. The molecule has 0 amide bonds. The molecule has 2 aromatic rings. The maximum absolute atomic E-state index is 6.51. The minimum atomic E-state index is -0.738. The zero-order chi connectivity index (χ0) is 19.8. The van der Waals surface area contributed by atoms with Gasteiger partial charge in [0.05, 0.1) is 14.9 Å². The molecule has 0 spiro atoms. The molecule has 3 rings (SSSR count). The van der Waals surface area contributed by atoms with Crippen LogP contribution in [0.5, 0.6) is 5.75 Å². The molecular formula is C18H23Cl2N5OS. The van der Waals surface area contributed by atoms with Gasteiger partial charge in [0.15, 0.2) is 0 Å². The molecule has 0 saturated heterocycles. The van der Waals surface area contributed by atoms with Crippen LogP contribution in [0.2, 0.25) is 10.0 Å². The van der Waals surface area contributed by atoms with E-state index in [-0.39, 0.29) is 5.60 Å². The molecule has 0 aromatic heterocycles. The van der Waals surface area contributed by atoms with Crippen molar-refractivity contribution >= 4 is 40.7 Å². The minimum absolute atomic E-state index is 0.180. The van der Waals surface area contributed by atoms with Gasteiger partial charge in [0, 0.05) is 17.0 Å². The summed E-state index contributed by atoms with van der Waals surface area (Å²) in [5.74, 6) is 1.75. The van der Waals surface area contributed by atoms with Crippen molar-refractivity contribution in [2.24, 2.45) is 17.2 Å². The first-order chi connectivity index (χ1) is 12.6. The van der Waals surface area contributed by atoms with Crippen LogP contribution in [0.3, 0.4) is 0 Å². The third-order valence-electron chi connectivity index (χ3n) is 3.93. The highest BCUT2D eigenvalue weighted by Gasteiger charge is 2.27. The molecule has 2 aromatic carbocycles. The molecule has 1 unspecified atom stereocenters. The van der Waals surface area contributed by atoms with Gasteiger partial charge >= 0.3 is 0 Å². The molecule has 1 aliphatic heterocycles. The van der Waals surface area contributed by atoms with Gasteiger partial charge in [-0.3, -0.25) is 11.1 Å². The highest BCUT2D eigenvalue weighted by molar-refractivity contribution is 7.99. The number of benzene rings is 2. The molecule has 8 N–H and O–H groups in total. The van der Waals surface area contributed by atoms with Crippen molar-refractivity contribution in [2.45, 2.75) is 36.9 Å². The summed E-state index contributed by atoms with van der Waals surface area (Å²) in [5, 5.41) is 6.76. The molecule has 27 heavy (non-hydrogen) atoms. The molecule has 1 atom stereocenters. The fraction of sp³-hybridized carbons (Fsp3) is 0.333. The molecule has 0 radical (unpaired) electrons. The molecule has 0 saturated carbocycles. The van der Waals surface area contributed by atoms with Crippen LogP contribution in [-0.2, 0) is 0 Å². The molecule has 0 bridgehead atoms. The van der Waals surface area contributed by atoms with Crippen LogP contribution < -0.4 is 32.6 Å². The number of thioether (sulfide) groups is 1. The van der Waals surface area contributed by atoms with E-state index in [0.717, 1.165) is 27.5 Å². The summed E-state index contributed by atoms with van der Waals surface area (Å²) in [7, 11) is 0. The topological polar surface area (TPSA) is 111 Å². The Hall–Kier alpha value is -1.19. The number of nitrogens with one attached hydrogen (secondary N) is 2. The van der Waals surface area contributed by atoms with Crippen LogP contribution in [0.15, 0.2) is 35.2 Å². The Bertz CT molecular complexity index is 823. The predicted molar refractivity (Wildman–Crippen MR) is 114 cm³/mol. The molecule has 1 aliphatic rings. The molecule has 0 fully saturated rings. The van der Waals surface area contributed by atoms with Gasteiger partial charge in [-0.05, 0) is 43.7 Å². The van der Waals surface area contributed by atoms with Crippen molar-refractivity contribution in [3.05, 3.63) is 40.4 Å². The number of hydrogen-bond acceptors (Lipinski definition) is 7. The van der Waals surface area contributed by atoms with Crippen LogP contribution >= 0.6 is 35.0 Å². The van der Waals surface area contributed by atoms with Crippen molar-refractivity contribution in [3.63, 3.8) is 0 Å². The number of halogens is 2. The summed E-state index contributed by atoms with van der Waals surface area (Å²) in [4.78, 5) is 1.07. The second-order valence-corrected chi connectivity index (χ2v) is 8.77. The number of fused-ring (bicyclic) bond motifs is 1. The van der Waals surface area contributed by atoms with E-state index in [4.69, 9.17) is 45.1 Å². The maximum atomic E-state index is 6.51. The third-order valence-corrected chi connectivity index (χ3v) is 6.00. The standard InChI is InChI=1S/C18H23Cl2N5OS/c1-18(2)8-27-14-5-9(3-4-13(14)26-18)15-11(19)6-10(7-12(15)20)24-17(23)25-16(21)22/h3-7,16-17,24-25H,8,21-23H2,1-2H3. The molecule has 146 valence electrons. The lowest BCUT2D eigenvalue weighted by Gasteiger charge is -2.32. The fourth-order valence-electron chi connectivity index (χ4n) is 2.80. The number of hydrogen-bond donors (Lipinski definition) is 5. The number of anilines is 1. The highest BCUT2D eigenvalue weighted by Crippen LogP contribution is 2.44. The van der Waals surface area contributed by atoms with Crippen molar-refractivity contribution in [1.29, 1.82) is 0 Å². The van der Waals surface area contributed by atoms with Crippen molar-refractivity contribution < 1.29 is 4.74 Å². The van der Waals surface area contributed by atoms with Crippen LogP contribution in [0.4, 0.5) is 5.69 Å². The zero-order valence-electron chi connectivity index (χ0n) is 15.1. The van der Waals surface area contributed by atoms with Gasteiger partial charge in [0.1, 0.15) is 23.9 Å². The van der Waals surface area contributed by atoms with Crippen molar-refractivity contribution in [3.8, 4) is 16.9 Å². The fourth-order valence-corrected chi connectivity index (χ4v) is 4.53. The smallest absolute Gasteiger partial charge is 0.133 e. The van der Waals surface area contributed by atoms with E-state index in [1.807, 2.05) is 12.1 Å².